The van der Waals surface area contributed by atoms with Crippen molar-refractivity contribution in [1.29, 1.82) is 0 Å². The number of likely N-dealkylation sites (tertiary alicyclic amines) is 1. The number of carboxylic acid groups (broad SMARTS) is 1. The van der Waals surface area contributed by atoms with E-state index in [0.29, 0.717) is 0 Å². The van der Waals surface area contributed by atoms with Crippen LogP contribution in [0.3, 0.4) is 0 Å². The van der Waals surface area contributed by atoms with E-state index in [1.54, 1.807) is 14.0 Å². The van der Waals surface area contributed by atoms with Crippen LogP contribution in [0.5, 0.6) is 0 Å². The van der Waals surface area contributed by atoms with Gasteiger partial charge in [0.2, 0.25) is 0 Å². The summed E-state index contributed by atoms with van der Waals surface area (Å²) in [7, 11) is 1.67. The molecule has 0 spiro atoms. The predicted octanol–water partition coefficient (Wildman–Crippen LogP) is 0.180. The normalized spacial score (nSPS) is 27.3. The molecule has 0 radical (unpaired) electrons. The molecule has 2 atom stereocenters. The van der Waals surface area contributed by atoms with Crippen molar-refractivity contribution in [1.82, 2.24) is 4.90 Å². The van der Waals surface area contributed by atoms with Crippen molar-refractivity contribution in [3.8, 4) is 0 Å². The maximum Gasteiger partial charge on any atom is 0.320 e. The molecular weight excluding hydrogens is 158 g/mol. The van der Waals surface area contributed by atoms with Gasteiger partial charge in [0.25, 0.3) is 0 Å². The summed E-state index contributed by atoms with van der Waals surface area (Å²) in [5, 5.41) is 8.72. The molecule has 1 heterocycles. The molecule has 1 saturated heterocycles. The van der Waals surface area contributed by atoms with Gasteiger partial charge in [0, 0.05) is 20.2 Å². The van der Waals surface area contributed by atoms with Gasteiger partial charge in [-0.25, -0.2) is 0 Å². The maximum atomic E-state index is 10.6. The molecule has 0 aliphatic carbocycles. The molecule has 70 valence electrons. The summed E-state index contributed by atoms with van der Waals surface area (Å²) in [5.74, 6) is -0.758. The van der Waals surface area contributed by atoms with Gasteiger partial charge >= 0.3 is 5.97 Å². The van der Waals surface area contributed by atoms with Crippen LogP contribution in [0.2, 0.25) is 0 Å². The minimum atomic E-state index is -0.758. The number of hydrogen-bond donors (Lipinski definition) is 1. The topological polar surface area (TPSA) is 49.8 Å². The second-order valence-corrected chi connectivity index (χ2v) is 3.16. The first kappa shape index (κ1) is 9.48. The number of carboxylic acids is 1. The monoisotopic (exact) mass is 173 g/mol. The van der Waals surface area contributed by atoms with E-state index < -0.39 is 5.97 Å². The minimum absolute atomic E-state index is 0.215. The zero-order chi connectivity index (χ0) is 9.14. The minimum Gasteiger partial charge on any atom is -0.480 e. The first-order chi connectivity index (χ1) is 5.65. The van der Waals surface area contributed by atoms with E-state index in [9.17, 15) is 4.79 Å². The highest BCUT2D eigenvalue weighted by Gasteiger charge is 2.28. The summed E-state index contributed by atoms with van der Waals surface area (Å²) in [6.45, 7) is 3.27. The van der Waals surface area contributed by atoms with Gasteiger partial charge in [0.15, 0.2) is 0 Å². The van der Waals surface area contributed by atoms with Gasteiger partial charge in [-0.3, -0.25) is 9.69 Å². The molecule has 1 fully saturated rings. The quantitative estimate of drug-likeness (QED) is 0.661. The zero-order valence-electron chi connectivity index (χ0n) is 7.49. The molecule has 0 bridgehead atoms. The third-order valence-corrected chi connectivity index (χ3v) is 2.41. The Balaban J connectivity index is 2.41. The molecule has 0 aromatic rings. The van der Waals surface area contributed by atoms with Crippen molar-refractivity contribution in [3.63, 3.8) is 0 Å². The molecule has 0 saturated carbocycles. The Labute approximate surface area is 72.1 Å². The van der Waals surface area contributed by atoms with Crippen LogP contribution in [0.15, 0.2) is 0 Å². The average molecular weight is 173 g/mol. The Morgan fingerprint density at radius 2 is 2.42 bits per heavy atom. The Kier molecular flexibility index (Phi) is 3.05. The number of rotatable bonds is 3. The van der Waals surface area contributed by atoms with Crippen LogP contribution < -0.4 is 0 Å². The van der Waals surface area contributed by atoms with Gasteiger partial charge in [-0.15, -0.1) is 0 Å². The van der Waals surface area contributed by atoms with E-state index in [4.69, 9.17) is 9.84 Å². The molecular formula is C8H15NO3. The lowest BCUT2D eigenvalue weighted by Gasteiger charge is -2.19. The number of carbonyl (C=O) groups is 1. The highest BCUT2D eigenvalue weighted by molar-refractivity contribution is 5.72. The summed E-state index contributed by atoms with van der Waals surface area (Å²) >= 11 is 0. The van der Waals surface area contributed by atoms with Crippen molar-refractivity contribution in [2.24, 2.45) is 0 Å². The molecule has 0 aromatic heterocycles. The summed E-state index contributed by atoms with van der Waals surface area (Å²) in [4.78, 5) is 12.5. The SMILES string of the molecule is CO[C@@H]1CCN([C@@H](C)C(=O)O)C1. The van der Waals surface area contributed by atoms with Gasteiger partial charge in [-0.2, -0.15) is 0 Å². The van der Waals surface area contributed by atoms with Crippen molar-refractivity contribution in [2.45, 2.75) is 25.5 Å². The van der Waals surface area contributed by atoms with E-state index in [-0.39, 0.29) is 12.1 Å². The van der Waals surface area contributed by atoms with Crippen molar-refractivity contribution < 1.29 is 14.6 Å². The van der Waals surface area contributed by atoms with E-state index in [0.717, 1.165) is 19.5 Å². The number of ether oxygens (including phenoxy) is 1. The molecule has 1 N–H and O–H groups in total. The van der Waals surface area contributed by atoms with E-state index >= 15 is 0 Å². The summed E-state index contributed by atoms with van der Waals surface area (Å²) in [5.41, 5.74) is 0. The number of nitrogens with zero attached hydrogens (tertiary/aromatic N) is 1. The first-order valence-electron chi connectivity index (χ1n) is 4.14. The van der Waals surface area contributed by atoms with Gasteiger partial charge in [0.1, 0.15) is 6.04 Å². The Morgan fingerprint density at radius 3 is 2.83 bits per heavy atom. The first-order valence-corrected chi connectivity index (χ1v) is 4.14. The fourth-order valence-corrected chi connectivity index (χ4v) is 1.45. The standard InChI is InChI=1S/C8H15NO3/c1-6(8(10)11)9-4-3-7(5-9)12-2/h6-7H,3-5H2,1-2H3,(H,10,11)/t6-,7+/m0/s1. The molecule has 0 aromatic carbocycles. The number of hydrogen-bond acceptors (Lipinski definition) is 3. The van der Waals surface area contributed by atoms with E-state index in [1.165, 1.54) is 0 Å². The lowest BCUT2D eigenvalue weighted by Crippen LogP contribution is -2.37. The van der Waals surface area contributed by atoms with Crippen molar-refractivity contribution in [3.05, 3.63) is 0 Å². The molecule has 4 nitrogen and oxygen atoms in total. The van der Waals surface area contributed by atoms with Crippen LogP contribution in [0.25, 0.3) is 0 Å². The Bertz CT molecular complexity index is 172. The van der Waals surface area contributed by atoms with Crippen LogP contribution in [0, 0.1) is 0 Å². The number of aliphatic carboxylic acids is 1. The molecule has 1 rings (SSSR count). The molecule has 12 heavy (non-hydrogen) atoms. The average Bonchev–Trinajstić information content (AvgIpc) is 2.50. The molecule has 1 aliphatic rings. The third kappa shape index (κ3) is 1.95. The van der Waals surface area contributed by atoms with E-state index in [1.807, 2.05) is 4.90 Å². The highest BCUT2D eigenvalue weighted by atomic mass is 16.5. The Morgan fingerprint density at radius 1 is 1.75 bits per heavy atom. The van der Waals surface area contributed by atoms with Crippen LogP contribution >= 0.6 is 0 Å². The highest BCUT2D eigenvalue weighted by Crippen LogP contribution is 2.14. The van der Waals surface area contributed by atoms with Gasteiger partial charge in [0.05, 0.1) is 6.10 Å². The maximum absolute atomic E-state index is 10.6. The van der Waals surface area contributed by atoms with Crippen LogP contribution in [0.1, 0.15) is 13.3 Å². The fraction of sp³-hybridized carbons (Fsp3) is 0.875. The second kappa shape index (κ2) is 3.87. The van der Waals surface area contributed by atoms with Gasteiger partial charge < -0.3 is 9.84 Å². The number of methoxy groups -OCH3 is 1. The summed E-state index contributed by atoms with van der Waals surface area (Å²) < 4.78 is 5.14. The predicted molar refractivity (Wildman–Crippen MR) is 44.1 cm³/mol. The Hall–Kier alpha value is -0.610. The van der Waals surface area contributed by atoms with Crippen molar-refractivity contribution >= 4 is 5.97 Å². The van der Waals surface area contributed by atoms with Gasteiger partial charge in [-0.05, 0) is 13.3 Å². The van der Waals surface area contributed by atoms with Crippen LogP contribution in [0.4, 0.5) is 0 Å². The van der Waals surface area contributed by atoms with E-state index in [2.05, 4.69) is 0 Å². The molecule has 0 unspecified atom stereocenters. The summed E-state index contributed by atoms with van der Waals surface area (Å²) in [6, 6.07) is -0.384. The van der Waals surface area contributed by atoms with Crippen LogP contribution in [-0.2, 0) is 9.53 Å². The zero-order valence-corrected chi connectivity index (χ0v) is 7.49. The van der Waals surface area contributed by atoms with Gasteiger partial charge in [-0.1, -0.05) is 0 Å². The molecule has 1 aliphatic heterocycles. The fourth-order valence-electron chi connectivity index (χ4n) is 1.45. The molecule has 0 amide bonds. The largest absolute Gasteiger partial charge is 0.480 e. The van der Waals surface area contributed by atoms with Crippen LogP contribution in [-0.4, -0.2) is 48.3 Å². The smallest absolute Gasteiger partial charge is 0.320 e. The summed E-state index contributed by atoms with van der Waals surface area (Å²) in [6.07, 6.45) is 1.15. The second-order valence-electron chi connectivity index (χ2n) is 3.16. The lowest BCUT2D eigenvalue weighted by molar-refractivity contribution is -0.142. The lowest BCUT2D eigenvalue weighted by atomic mass is 10.3. The molecule has 4 heteroatoms. The third-order valence-electron chi connectivity index (χ3n) is 2.41. The van der Waals surface area contributed by atoms with Crippen molar-refractivity contribution in [2.75, 3.05) is 20.2 Å².